The van der Waals surface area contributed by atoms with Gasteiger partial charge in [0.15, 0.2) is 0 Å². The summed E-state index contributed by atoms with van der Waals surface area (Å²) >= 11 is 0. The molecule has 1 aliphatic rings. The molecule has 2 N–H and O–H groups in total. The van der Waals surface area contributed by atoms with Crippen LogP contribution in [-0.4, -0.2) is 40.5 Å². The van der Waals surface area contributed by atoms with E-state index >= 15 is 0 Å². The van der Waals surface area contributed by atoms with Crippen molar-refractivity contribution < 1.29 is 13.5 Å². The SMILES string of the molecule is O=S(=O)(c1ccc(Nc2c3ncccc3c(O)n2Cc2ccccc2)cc1)N1CCCCCC1. The maximum Gasteiger partial charge on any atom is 0.243 e. The van der Waals surface area contributed by atoms with Gasteiger partial charge in [0, 0.05) is 25.0 Å². The van der Waals surface area contributed by atoms with Gasteiger partial charge in [-0.1, -0.05) is 43.2 Å². The number of fused-ring (bicyclic) bond motifs is 1. The van der Waals surface area contributed by atoms with Gasteiger partial charge in [-0.05, 0) is 54.8 Å². The number of rotatable bonds is 6. The lowest BCUT2D eigenvalue weighted by atomic mass is 10.2. The Morgan fingerprint density at radius 1 is 0.882 bits per heavy atom. The first kappa shape index (κ1) is 22.4. The molecule has 2 aromatic carbocycles. The van der Waals surface area contributed by atoms with Gasteiger partial charge in [0.1, 0.15) is 11.3 Å². The second-order valence-electron chi connectivity index (χ2n) is 8.61. The van der Waals surface area contributed by atoms with Gasteiger partial charge in [-0.25, -0.2) is 8.42 Å². The molecule has 176 valence electrons. The fourth-order valence-electron chi connectivity index (χ4n) is 4.48. The van der Waals surface area contributed by atoms with Gasteiger partial charge in [-0.3, -0.25) is 9.55 Å². The molecule has 7 nitrogen and oxygen atoms in total. The van der Waals surface area contributed by atoms with Crippen molar-refractivity contribution in [3.8, 4) is 5.88 Å². The molecule has 0 atom stereocenters. The zero-order chi connectivity index (χ0) is 23.5. The largest absolute Gasteiger partial charge is 0.494 e. The predicted molar refractivity (Wildman–Crippen MR) is 134 cm³/mol. The van der Waals surface area contributed by atoms with Gasteiger partial charge in [-0.15, -0.1) is 0 Å². The Morgan fingerprint density at radius 3 is 2.29 bits per heavy atom. The van der Waals surface area contributed by atoms with E-state index in [4.69, 9.17) is 0 Å². The quantitative estimate of drug-likeness (QED) is 0.404. The molecule has 1 saturated heterocycles. The molecule has 0 radical (unpaired) electrons. The zero-order valence-corrected chi connectivity index (χ0v) is 19.7. The van der Waals surface area contributed by atoms with E-state index < -0.39 is 10.0 Å². The maximum absolute atomic E-state index is 13.1. The molecule has 3 heterocycles. The van der Waals surface area contributed by atoms with E-state index in [0.717, 1.165) is 31.2 Å². The Kier molecular flexibility index (Phi) is 6.26. The lowest BCUT2D eigenvalue weighted by molar-refractivity contribution is 0.424. The Morgan fingerprint density at radius 2 is 1.59 bits per heavy atom. The van der Waals surface area contributed by atoms with Crippen molar-refractivity contribution >= 4 is 32.4 Å². The van der Waals surface area contributed by atoms with E-state index in [1.165, 1.54) is 0 Å². The standard InChI is InChI=1S/C26H28N4O3S/c31-26-23-11-8-16-27-24(23)25(30(26)19-20-9-4-3-5-10-20)28-21-12-14-22(15-13-21)34(32,33)29-17-6-1-2-7-18-29/h3-5,8-16,28,31H,1-2,6-7,17-19H2. The molecule has 0 unspecified atom stereocenters. The number of hydrogen-bond donors (Lipinski definition) is 2. The van der Waals surface area contributed by atoms with Crippen LogP contribution in [0.1, 0.15) is 31.2 Å². The molecule has 2 aromatic heterocycles. The number of pyridine rings is 1. The van der Waals surface area contributed by atoms with Crippen LogP contribution < -0.4 is 5.32 Å². The first-order valence-electron chi connectivity index (χ1n) is 11.6. The van der Waals surface area contributed by atoms with Crippen LogP contribution in [0.15, 0.2) is 77.8 Å². The van der Waals surface area contributed by atoms with E-state index in [-0.39, 0.29) is 5.88 Å². The average Bonchev–Trinajstić information content (AvgIpc) is 3.05. The number of sulfonamides is 1. The summed E-state index contributed by atoms with van der Waals surface area (Å²) in [7, 11) is -3.51. The summed E-state index contributed by atoms with van der Waals surface area (Å²) in [5, 5.41) is 14.9. The number of aromatic hydroxyl groups is 1. The predicted octanol–water partition coefficient (Wildman–Crippen LogP) is 5.10. The Hall–Kier alpha value is -3.36. The molecule has 1 aliphatic heterocycles. The average molecular weight is 477 g/mol. The molecule has 0 aliphatic carbocycles. The van der Waals surface area contributed by atoms with E-state index in [9.17, 15) is 13.5 Å². The van der Waals surface area contributed by atoms with Crippen LogP contribution in [0.3, 0.4) is 0 Å². The Labute approximate surface area is 199 Å². The summed E-state index contributed by atoms with van der Waals surface area (Å²) < 4.78 is 29.6. The van der Waals surface area contributed by atoms with Crippen LogP contribution in [0.25, 0.3) is 10.9 Å². The third-order valence-corrected chi connectivity index (χ3v) is 8.21. The van der Waals surface area contributed by atoms with Crippen molar-refractivity contribution in [1.82, 2.24) is 13.9 Å². The first-order chi connectivity index (χ1) is 16.5. The molecule has 0 spiro atoms. The number of nitrogens with zero attached hydrogens (tertiary/aromatic N) is 3. The second kappa shape index (κ2) is 9.48. The van der Waals surface area contributed by atoms with Gasteiger partial charge in [0.2, 0.25) is 15.9 Å². The van der Waals surface area contributed by atoms with Crippen LogP contribution in [0.5, 0.6) is 5.88 Å². The normalized spacial score (nSPS) is 15.3. The summed E-state index contributed by atoms with van der Waals surface area (Å²) in [5.74, 6) is 0.787. The highest BCUT2D eigenvalue weighted by atomic mass is 32.2. The van der Waals surface area contributed by atoms with E-state index in [1.807, 2.05) is 36.4 Å². The molecule has 5 rings (SSSR count). The third-order valence-electron chi connectivity index (χ3n) is 6.30. The number of aromatic nitrogens is 2. The van der Waals surface area contributed by atoms with Crippen molar-refractivity contribution in [3.63, 3.8) is 0 Å². The monoisotopic (exact) mass is 476 g/mol. The fraction of sp³-hybridized carbons (Fsp3) is 0.269. The highest BCUT2D eigenvalue weighted by Crippen LogP contribution is 2.36. The minimum atomic E-state index is -3.51. The molecule has 0 saturated carbocycles. The molecule has 0 amide bonds. The summed E-state index contributed by atoms with van der Waals surface area (Å²) in [6, 6.07) is 20.3. The van der Waals surface area contributed by atoms with Gasteiger partial charge in [-0.2, -0.15) is 4.31 Å². The minimum absolute atomic E-state index is 0.134. The Bertz CT molecular complexity index is 1380. The molecule has 4 aromatic rings. The number of benzene rings is 2. The van der Waals surface area contributed by atoms with E-state index in [2.05, 4.69) is 10.3 Å². The van der Waals surface area contributed by atoms with Crippen LogP contribution in [-0.2, 0) is 16.6 Å². The molecule has 8 heteroatoms. The van der Waals surface area contributed by atoms with Gasteiger partial charge in [0.25, 0.3) is 0 Å². The number of hydrogen-bond acceptors (Lipinski definition) is 5. The molecular weight excluding hydrogens is 448 g/mol. The maximum atomic E-state index is 13.1. The number of nitrogens with one attached hydrogen (secondary N) is 1. The van der Waals surface area contributed by atoms with Crippen molar-refractivity contribution in [1.29, 1.82) is 0 Å². The van der Waals surface area contributed by atoms with Gasteiger partial charge < -0.3 is 10.4 Å². The topological polar surface area (TPSA) is 87.5 Å². The summed E-state index contributed by atoms with van der Waals surface area (Å²) in [5.41, 5.74) is 2.41. The lowest BCUT2D eigenvalue weighted by Gasteiger charge is -2.20. The Balaban J connectivity index is 1.46. The summed E-state index contributed by atoms with van der Waals surface area (Å²) in [6.07, 6.45) is 5.65. The van der Waals surface area contributed by atoms with Crippen LogP contribution in [0, 0.1) is 0 Å². The van der Waals surface area contributed by atoms with Crippen molar-refractivity contribution in [2.45, 2.75) is 37.1 Å². The van der Waals surface area contributed by atoms with Crippen molar-refractivity contribution in [2.75, 3.05) is 18.4 Å². The second-order valence-corrected chi connectivity index (χ2v) is 10.5. The number of anilines is 2. The minimum Gasteiger partial charge on any atom is -0.494 e. The third kappa shape index (κ3) is 4.38. The summed E-state index contributed by atoms with van der Waals surface area (Å²) in [4.78, 5) is 4.78. The van der Waals surface area contributed by atoms with Crippen LogP contribution in [0.4, 0.5) is 11.5 Å². The van der Waals surface area contributed by atoms with Gasteiger partial charge in [0.05, 0.1) is 16.8 Å². The van der Waals surface area contributed by atoms with Crippen LogP contribution in [0.2, 0.25) is 0 Å². The first-order valence-corrected chi connectivity index (χ1v) is 13.1. The zero-order valence-electron chi connectivity index (χ0n) is 18.9. The van der Waals surface area contributed by atoms with Crippen molar-refractivity contribution in [2.24, 2.45) is 0 Å². The lowest BCUT2D eigenvalue weighted by Crippen LogP contribution is -2.31. The van der Waals surface area contributed by atoms with Crippen LogP contribution >= 0.6 is 0 Å². The molecule has 34 heavy (non-hydrogen) atoms. The van der Waals surface area contributed by atoms with Crippen molar-refractivity contribution in [3.05, 3.63) is 78.5 Å². The molecule has 0 bridgehead atoms. The molecule has 1 fully saturated rings. The fourth-order valence-corrected chi connectivity index (χ4v) is 6.00. The summed E-state index contributed by atoms with van der Waals surface area (Å²) in [6.45, 7) is 1.62. The highest BCUT2D eigenvalue weighted by molar-refractivity contribution is 7.89. The van der Waals surface area contributed by atoms with E-state index in [0.29, 0.717) is 46.9 Å². The highest BCUT2D eigenvalue weighted by Gasteiger charge is 2.25. The smallest absolute Gasteiger partial charge is 0.243 e. The van der Waals surface area contributed by atoms with E-state index in [1.54, 1.807) is 45.4 Å². The van der Waals surface area contributed by atoms with Gasteiger partial charge >= 0.3 is 0 Å². The molecular formula is C26H28N4O3S.